The summed E-state index contributed by atoms with van der Waals surface area (Å²) in [5.41, 5.74) is 0. The summed E-state index contributed by atoms with van der Waals surface area (Å²) >= 11 is 0. The van der Waals surface area contributed by atoms with Crippen molar-refractivity contribution in [3.05, 3.63) is 18.5 Å². The van der Waals surface area contributed by atoms with E-state index in [1.165, 1.54) is 9.75 Å². The summed E-state index contributed by atoms with van der Waals surface area (Å²) < 4.78 is 0. The van der Waals surface area contributed by atoms with Crippen LogP contribution in [-0.2, 0) is 0 Å². The van der Waals surface area contributed by atoms with E-state index in [0.29, 0.717) is 25.6 Å². The minimum absolute atomic E-state index is 0.416. The van der Waals surface area contributed by atoms with Gasteiger partial charge in [-0.1, -0.05) is 0 Å². The highest BCUT2D eigenvalue weighted by Crippen LogP contribution is 2.16. The Kier molecular flexibility index (Phi) is 3.28. The lowest BCUT2D eigenvalue weighted by molar-refractivity contribution is 0.0359. The maximum atomic E-state index is 10.7. The van der Waals surface area contributed by atoms with E-state index >= 15 is 0 Å². The van der Waals surface area contributed by atoms with Crippen LogP contribution in [0, 0.1) is 5.92 Å². The van der Waals surface area contributed by atoms with E-state index in [4.69, 9.17) is 9.94 Å². The molecule has 2 rings (SSSR count). The van der Waals surface area contributed by atoms with Crippen LogP contribution in [0.3, 0.4) is 0 Å². The van der Waals surface area contributed by atoms with Gasteiger partial charge in [0.25, 0.3) is 0 Å². The minimum Gasteiger partial charge on any atom is -0.465 e. The molecule has 0 radical (unpaired) electrons. The second-order valence-corrected chi connectivity index (χ2v) is 3.92. The molecule has 0 bridgehead atoms. The normalized spacial score (nSPS) is 17.4. The molecule has 0 unspecified atom stereocenters. The second-order valence-electron chi connectivity index (χ2n) is 3.92. The summed E-state index contributed by atoms with van der Waals surface area (Å²) in [6.45, 7) is 1.79. The molecular formula is C10H15N3O3. The molecule has 1 amide bonds. The van der Waals surface area contributed by atoms with Gasteiger partial charge in [0.05, 0.1) is 12.4 Å². The molecule has 0 aromatic carbocycles. The van der Waals surface area contributed by atoms with Gasteiger partial charge in [-0.3, -0.25) is 0 Å². The predicted octanol–water partition coefficient (Wildman–Crippen LogP) is 0.702. The Hall–Kier alpha value is -1.72. The highest BCUT2D eigenvalue weighted by Gasteiger charge is 2.22. The predicted molar refractivity (Wildman–Crippen MR) is 56.0 cm³/mol. The molecule has 2 heterocycles. The van der Waals surface area contributed by atoms with Gasteiger partial charge in [0.15, 0.2) is 0 Å². The van der Waals surface area contributed by atoms with Crippen LogP contribution in [0.1, 0.15) is 12.8 Å². The monoisotopic (exact) mass is 225 g/mol. The SMILES string of the molecule is O=C(O)N1CCC(COn2cccn2)CC1. The first-order valence-electron chi connectivity index (χ1n) is 5.36. The van der Waals surface area contributed by atoms with Crippen LogP contribution in [0.25, 0.3) is 0 Å². The first-order chi connectivity index (χ1) is 7.75. The molecule has 16 heavy (non-hydrogen) atoms. The lowest BCUT2D eigenvalue weighted by Crippen LogP contribution is -2.39. The van der Waals surface area contributed by atoms with Gasteiger partial charge in [0.2, 0.25) is 0 Å². The Balaban J connectivity index is 1.71. The lowest BCUT2D eigenvalue weighted by Gasteiger charge is -2.29. The highest BCUT2D eigenvalue weighted by molar-refractivity contribution is 5.64. The van der Waals surface area contributed by atoms with Crippen molar-refractivity contribution >= 4 is 6.09 Å². The van der Waals surface area contributed by atoms with Gasteiger partial charge in [-0.05, 0) is 24.8 Å². The molecule has 1 aliphatic rings. The molecule has 1 saturated heterocycles. The van der Waals surface area contributed by atoms with Crippen LogP contribution < -0.4 is 4.84 Å². The zero-order valence-corrected chi connectivity index (χ0v) is 8.95. The third-order valence-corrected chi connectivity index (χ3v) is 2.81. The van der Waals surface area contributed by atoms with Crippen LogP contribution in [0.2, 0.25) is 0 Å². The van der Waals surface area contributed by atoms with Crippen LogP contribution in [0.5, 0.6) is 0 Å². The standard InChI is InChI=1S/C10H15N3O3/c14-10(15)12-6-2-9(3-7-12)8-16-13-5-1-4-11-13/h1,4-5,9H,2-3,6-8H2,(H,14,15). The summed E-state index contributed by atoms with van der Waals surface area (Å²) in [5, 5.41) is 12.7. The quantitative estimate of drug-likeness (QED) is 0.822. The Bertz CT molecular complexity index is 331. The van der Waals surface area contributed by atoms with Gasteiger partial charge in [0, 0.05) is 13.1 Å². The van der Waals surface area contributed by atoms with Crippen LogP contribution in [0.15, 0.2) is 18.5 Å². The third-order valence-electron chi connectivity index (χ3n) is 2.81. The smallest absolute Gasteiger partial charge is 0.407 e. The fraction of sp³-hybridized carbons (Fsp3) is 0.600. The van der Waals surface area contributed by atoms with Crippen LogP contribution in [-0.4, -0.2) is 45.7 Å². The van der Waals surface area contributed by atoms with Gasteiger partial charge in [-0.25, -0.2) is 4.79 Å². The third kappa shape index (κ3) is 2.65. The molecule has 6 nitrogen and oxygen atoms in total. The fourth-order valence-electron chi connectivity index (χ4n) is 1.80. The topological polar surface area (TPSA) is 67.6 Å². The minimum atomic E-state index is -0.827. The Morgan fingerprint density at radius 3 is 2.81 bits per heavy atom. The number of likely N-dealkylation sites (tertiary alicyclic amines) is 1. The summed E-state index contributed by atoms with van der Waals surface area (Å²) in [7, 11) is 0. The summed E-state index contributed by atoms with van der Waals surface area (Å²) in [6, 6.07) is 1.80. The Morgan fingerprint density at radius 2 is 2.25 bits per heavy atom. The molecule has 1 aromatic heterocycles. The van der Waals surface area contributed by atoms with E-state index in [1.807, 2.05) is 0 Å². The van der Waals surface area contributed by atoms with Crippen molar-refractivity contribution in [2.24, 2.45) is 5.92 Å². The molecule has 1 aliphatic heterocycles. The molecular weight excluding hydrogens is 210 g/mol. The van der Waals surface area contributed by atoms with Crippen molar-refractivity contribution in [3.8, 4) is 0 Å². The van der Waals surface area contributed by atoms with Gasteiger partial charge in [-0.2, -0.15) is 0 Å². The first-order valence-corrected chi connectivity index (χ1v) is 5.36. The summed E-state index contributed by atoms with van der Waals surface area (Å²) in [5.74, 6) is 0.416. The highest BCUT2D eigenvalue weighted by atomic mass is 16.7. The van der Waals surface area contributed by atoms with E-state index in [9.17, 15) is 4.79 Å². The molecule has 1 aromatic rings. The zero-order chi connectivity index (χ0) is 11.4. The number of piperidine rings is 1. The van der Waals surface area contributed by atoms with Crippen molar-refractivity contribution in [2.45, 2.75) is 12.8 Å². The molecule has 1 N–H and O–H groups in total. The number of carboxylic acid groups (broad SMARTS) is 1. The van der Waals surface area contributed by atoms with E-state index in [1.54, 1.807) is 18.5 Å². The van der Waals surface area contributed by atoms with Gasteiger partial charge >= 0.3 is 6.09 Å². The van der Waals surface area contributed by atoms with Gasteiger partial charge in [-0.15, -0.1) is 9.94 Å². The second kappa shape index (κ2) is 4.87. The Labute approximate surface area is 93.4 Å². The van der Waals surface area contributed by atoms with E-state index in [-0.39, 0.29) is 0 Å². The van der Waals surface area contributed by atoms with Gasteiger partial charge in [0.1, 0.15) is 6.61 Å². The zero-order valence-electron chi connectivity index (χ0n) is 8.95. The average molecular weight is 225 g/mol. The number of aromatic nitrogens is 2. The molecule has 0 atom stereocenters. The number of carbonyl (C=O) groups is 1. The number of nitrogens with zero attached hydrogens (tertiary/aromatic N) is 3. The first kappa shape index (κ1) is 10.8. The van der Waals surface area contributed by atoms with Crippen molar-refractivity contribution in [1.82, 2.24) is 14.8 Å². The van der Waals surface area contributed by atoms with Crippen LogP contribution in [0.4, 0.5) is 4.79 Å². The average Bonchev–Trinajstić information content (AvgIpc) is 2.80. The number of hydrogen-bond donors (Lipinski definition) is 1. The maximum Gasteiger partial charge on any atom is 0.407 e. The van der Waals surface area contributed by atoms with Crippen LogP contribution >= 0.6 is 0 Å². The largest absolute Gasteiger partial charge is 0.465 e. The van der Waals surface area contributed by atoms with Crippen molar-refractivity contribution in [1.29, 1.82) is 0 Å². The number of hydrogen-bond acceptors (Lipinski definition) is 3. The van der Waals surface area contributed by atoms with E-state index in [0.717, 1.165) is 12.8 Å². The molecule has 0 aliphatic carbocycles. The molecule has 0 saturated carbocycles. The number of rotatable bonds is 3. The maximum absolute atomic E-state index is 10.7. The number of amides is 1. The molecule has 0 spiro atoms. The van der Waals surface area contributed by atoms with Crippen molar-refractivity contribution < 1.29 is 14.7 Å². The fourth-order valence-corrected chi connectivity index (χ4v) is 1.80. The van der Waals surface area contributed by atoms with E-state index in [2.05, 4.69) is 5.10 Å². The molecule has 1 fully saturated rings. The summed E-state index contributed by atoms with van der Waals surface area (Å²) in [4.78, 5) is 19.0. The van der Waals surface area contributed by atoms with Crippen molar-refractivity contribution in [3.63, 3.8) is 0 Å². The Morgan fingerprint density at radius 1 is 1.50 bits per heavy atom. The van der Waals surface area contributed by atoms with E-state index < -0.39 is 6.09 Å². The van der Waals surface area contributed by atoms with Gasteiger partial charge < -0.3 is 14.8 Å². The lowest BCUT2D eigenvalue weighted by atomic mass is 9.98. The molecule has 88 valence electrons. The summed E-state index contributed by atoms with van der Waals surface area (Å²) in [6.07, 6.45) is 4.28. The molecule has 6 heteroatoms. The van der Waals surface area contributed by atoms with Crippen molar-refractivity contribution in [2.75, 3.05) is 19.7 Å².